The summed E-state index contributed by atoms with van der Waals surface area (Å²) in [5, 5.41) is 2.17. The summed E-state index contributed by atoms with van der Waals surface area (Å²) in [6, 6.07) is 105. The van der Waals surface area contributed by atoms with E-state index in [1.165, 1.54) is 68.5 Å². The van der Waals surface area contributed by atoms with E-state index in [0.717, 1.165) is 78.3 Å². The molecule has 0 saturated carbocycles. The van der Waals surface area contributed by atoms with E-state index in [1.54, 1.807) is 0 Å². The van der Waals surface area contributed by atoms with E-state index in [9.17, 15) is 0 Å². The molecule has 0 atom stereocenters. The van der Waals surface area contributed by atoms with Crippen molar-refractivity contribution in [3.8, 4) is 66.8 Å². The second kappa shape index (κ2) is 24.4. The van der Waals surface area contributed by atoms with Crippen LogP contribution in [-0.4, -0.2) is 0 Å². The number of fused-ring (bicyclic) bond motifs is 6. The molecule has 0 radical (unpaired) electrons. The fourth-order valence-corrected chi connectivity index (χ4v) is 12.4. The molecule has 3 nitrogen and oxygen atoms in total. The van der Waals surface area contributed by atoms with Gasteiger partial charge in [0.15, 0.2) is 0 Å². The number of para-hydroxylation sites is 2. The molecule has 1 heterocycles. The number of nitrogens with zero attached hydrogens (tertiary/aromatic N) is 2. The minimum atomic E-state index is -0.130. The zero-order valence-corrected chi connectivity index (χ0v) is 49.2. The number of anilines is 6. The minimum Gasteiger partial charge on any atom is -0.455 e. The Bertz CT molecular complexity index is 4420. The first-order valence-corrected chi connectivity index (χ1v) is 30.0. The molecule has 0 amide bonds. The lowest BCUT2D eigenvalue weighted by Gasteiger charge is -2.28. The number of furan rings is 1. The molecule has 0 fully saturated rings. The molecule has 13 aromatic rings. The topological polar surface area (TPSA) is 19.6 Å². The van der Waals surface area contributed by atoms with Gasteiger partial charge in [0.1, 0.15) is 11.2 Å². The SMILES string of the molecule is C/C=C\CC/C=C\C.CC1(C)c2ccccc2-c2ccc(N(c3ccc(-c4ccccc4)cc3)c3ccc(-c4cccc5c4oc4c(-c6cccc(N(c7ccc(-c8ccccc8)cc7)c7ccc(-c8ccccc8)cc7)c6)cccc45)cc3)cc21. The van der Waals surface area contributed by atoms with E-state index in [4.69, 9.17) is 4.42 Å². The fourth-order valence-electron chi connectivity index (χ4n) is 12.4. The molecule has 0 bridgehead atoms. The zero-order valence-electron chi connectivity index (χ0n) is 49.2. The van der Waals surface area contributed by atoms with Crippen molar-refractivity contribution in [1.29, 1.82) is 0 Å². The number of rotatable bonds is 14. The summed E-state index contributed by atoms with van der Waals surface area (Å²) in [5.74, 6) is 0. The van der Waals surface area contributed by atoms with E-state index in [-0.39, 0.29) is 5.41 Å². The van der Waals surface area contributed by atoms with Gasteiger partial charge >= 0.3 is 0 Å². The third kappa shape index (κ3) is 10.9. The maximum absolute atomic E-state index is 7.13. The predicted octanol–water partition coefficient (Wildman–Crippen LogP) is 24.1. The van der Waals surface area contributed by atoms with E-state index in [0.29, 0.717) is 0 Å². The lowest BCUT2D eigenvalue weighted by Crippen LogP contribution is -2.16. The van der Waals surface area contributed by atoms with Crippen LogP contribution in [0.25, 0.3) is 88.7 Å². The quantitative estimate of drug-likeness (QED) is 0.0799. The van der Waals surface area contributed by atoms with Gasteiger partial charge in [-0.15, -0.1) is 0 Å². The van der Waals surface area contributed by atoms with E-state index < -0.39 is 0 Å². The molecule has 1 aliphatic carbocycles. The smallest absolute Gasteiger partial charge is 0.143 e. The highest BCUT2D eigenvalue weighted by Crippen LogP contribution is 2.51. The van der Waals surface area contributed by atoms with Gasteiger partial charge in [-0.1, -0.05) is 257 Å². The second-order valence-electron chi connectivity index (χ2n) is 22.6. The first-order valence-electron chi connectivity index (χ1n) is 30.0. The van der Waals surface area contributed by atoms with Crippen LogP contribution < -0.4 is 9.80 Å². The van der Waals surface area contributed by atoms with Crippen LogP contribution in [0.4, 0.5) is 34.1 Å². The molecule has 0 N–H and O–H groups in total. The summed E-state index contributed by atoms with van der Waals surface area (Å²) in [5.41, 5.74) is 24.8. The average molecular weight is 1110 g/mol. The van der Waals surface area contributed by atoms with Crippen molar-refractivity contribution >= 4 is 56.1 Å². The normalized spacial score (nSPS) is 12.3. The standard InChI is InChI=1S/C75H54N2O.C8H14/c1-75(2)71-30-13-12-25-67(71)68-48-47-64(50-72(68)75)77(61-43-35-56(36-44-61)53-21-10-5-11-22-53)62-45-37-57(38-46-62)65-26-15-28-69-70-29-16-27-66(74(70)78-73(65)69)58-23-14-24-63(49-58)76(59-39-31-54(32-40-59)51-17-6-3-7-18-51)60-41-33-55(34-42-60)52-19-8-4-9-20-52;1-3-5-7-8-6-4-2/h3-50H,1-2H3;3-6H,7-8H2,1-2H3/b;5-3-,6-4-. The van der Waals surface area contributed by atoms with Crippen molar-refractivity contribution in [2.75, 3.05) is 9.80 Å². The van der Waals surface area contributed by atoms with Gasteiger partial charge in [-0.25, -0.2) is 0 Å². The first kappa shape index (κ1) is 54.8. The predicted molar refractivity (Wildman–Crippen MR) is 367 cm³/mol. The summed E-state index contributed by atoms with van der Waals surface area (Å²) in [6.07, 6.45) is 10.9. The molecule has 12 aromatic carbocycles. The van der Waals surface area contributed by atoms with Gasteiger partial charge in [0, 0.05) is 61.4 Å². The maximum atomic E-state index is 7.13. The van der Waals surface area contributed by atoms with Crippen LogP contribution >= 0.6 is 0 Å². The lowest BCUT2D eigenvalue weighted by molar-refractivity contribution is 0.660. The largest absolute Gasteiger partial charge is 0.455 e. The molecule has 0 saturated heterocycles. The van der Waals surface area contributed by atoms with Gasteiger partial charge in [-0.05, 0) is 166 Å². The Morgan fingerprint density at radius 3 is 1.10 bits per heavy atom. The molecule has 3 heteroatoms. The van der Waals surface area contributed by atoms with Gasteiger partial charge in [0.2, 0.25) is 0 Å². The third-order valence-corrected chi connectivity index (χ3v) is 16.9. The van der Waals surface area contributed by atoms with Crippen LogP contribution in [0.5, 0.6) is 0 Å². The number of unbranched alkanes of at least 4 members (excludes halogenated alkanes) is 1. The molecular weight excluding hydrogens is 1040 g/mol. The Morgan fingerprint density at radius 2 is 0.640 bits per heavy atom. The van der Waals surface area contributed by atoms with Crippen LogP contribution in [0.1, 0.15) is 51.7 Å². The summed E-state index contributed by atoms with van der Waals surface area (Å²) >= 11 is 0. The molecule has 1 aliphatic rings. The van der Waals surface area contributed by atoms with Gasteiger partial charge in [-0.2, -0.15) is 0 Å². The van der Waals surface area contributed by atoms with Gasteiger partial charge in [-0.3, -0.25) is 0 Å². The summed E-state index contributed by atoms with van der Waals surface area (Å²) in [7, 11) is 0. The van der Waals surface area contributed by atoms with Crippen LogP contribution in [0.3, 0.4) is 0 Å². The fraction of sp³-hybridized carbons (Fsp3) is 0.0843. The average Bonchev–Trinajstić information content (AvgIpc) is 1.71. The van der Waals surface area contributed by atoms with Crippen LogP contribution in [0, 0.1) is 0 Å². The third-order valence-electron chi connectivity index (χ3n) is 16.9. The van der Waals surface area contributed by atoms with Crippen molar-refractivity contribution in [3.05, 3.63) is 327 Å². The molecule has 0 spiro atoms. The minimum absolute atomic E-state index is 0.130. The molecule has 416 valence electrons. The number of hydrogen-bond donors (Lipinski definition) is 0. The second-order valence-corrected chi connectivity index (χ2v) is 22.6. The Labute approximate surface area is 506 Å². The van der Waals surface area contributed by atoms with Crippen molar-refractivity contribution < 1.29 is 4.42 Å². The Kier molecular flexibility index (Phi) is 15.5. The molecule has 0 aliphatic heterocycles. The van der Waals surface area contributed by atoms with Crippen LogP contribution in [0.15, 0.2) is 320 Å². The van der Waals surface area contributed by atoms with Crippen molar-refractivity contribution in [2.24, 2.45) is 0 Å². The van der Waals surface area contributed by atoms with Gasteiger partial charge < -0.3 is 14.2 Å². The van der Waals surface area contributed by atoms with Crippen LogP contribution in [-0.2, 0) is 5.41 Å². The summed E-state index contributed by atoms with van der Waals surface area (Å²) < 4.78 is 7.13. The summed E-state index contributed by atoms with van der Waals surface area (Å²) in [6.45, 7) is 8.80. The molecular formula is C83H68N2O. The lowest BCUT2D eigenvalue weighted by atomic mass is 9.82. The van der Waals surface area contributed by atoms with E-state index in [2.05, 4.69) is 353 Å². The molecule has 1 aromatic heterocycles. The highest BCUT2D eigenvalue weighted by molar-refractivity contribution is 6.13. The number of benzene rings is 12. The van der Waals surface area contributed by atoms with Crippen LogP contribution in [0.2, 0.25) is 0 Å². The number of hydrogen-bond acceptors (Lipinski definition) is 3. The number of allylic oxidation sites excluding steroid dienone is 4. The van der Waals surface area contributed by atoms with Crippen molar-refractivity contribution in [1.82, 2.24) is 0 Å². The molecule has 14 rings (SSSR count). The Balaban J connectivity index is 0.000000803. The Hall–Kier alpha value is -10.5. The monoisotopic (exact) mass is 1110 g/mol. The molecule has 86 heavy (non-hydrogen) atoms. The summed E-state index contributed by atoms with van der Waals surface area (Å²) in [4.78, 5) is 4.74. The van der Waals surface area contributed by atoms with E-state index >= 15 is 0 Å². The first-order chi connectivity index (χ1) is 42.3. The van der Waals surface area contributed by atoms with Crippen molar-refractivity contribution in [2.45, 2.75) is 46.0 Å². The zero-order chi connectivity index (χ0) is 58.4. The van der Waals surface area contributed by atoms with E-state index in [1.807, 2.05) is 0 Å². The highest BCUT2D eigenvalue weighted by atomic mass is 16.3. The Morgan fingerprint density at radius 1 is 0.291 bits per heavy atom. The molecule has 0 unspecified atom stereocenters. The van der Waals surface area contributed by atoms with Crippen molar-refractivity contribution in [3.63, 3.8) is 0 Å². The maximum Gasteiger partial charge on any atom is 0.143 e. The van der Waals surface area contributed by atoms with Gasteiger partial charge in [0.25, 0.3) is 0 Å². The van der Waals surface area contributed by atoms with Gasteiger partial charge in [0.05, 0.1) is 0 Å². The highest BCUT2D eigenvalue weighted by Gasteiger charge is 2.36.